The Balaban J connectivity index is 1.74. The molecule has 0 heterocycles. The summed E-state index contributed by atoms with van der Waals surface area (Å²) in [6, 6.07) is 10.7. The molecule has 9 heteroatoms. The summed E-state index contributed by atoms with van der Waals surface area (Å²) in [6.45, 7) is -0.902. The summed E-state index contributed by atoms with van der Waals surface area (Å²) in [4.78, 5) is 23.9. The largest absolute Gasteiger partial charge is 0.493 e. The molecule has 0 aliphatic rings. The molecule has 2 rings (SSSR count). The zero-order valence-electron chi connectivity index (χ0n) is 15.0. The summed E-state index contributed by atoms with van der Waals surface area (Å²) < 4.78 is 34.6. The second-order valence-electron chi connectivity index (χ2n) is 5.74. The third-order valence-corrected chi connectivity index (χ3v) is 3.84. The van der Waals surface area contributed by atoms with Gasteiger partial charge in [0.25, 0.3) is 5.91 Å². The maximum Gasteiger partial charge on any atom is 0.387 e. The molecule has 0 spiro atoms. The van der Waals surface area contributed by atoms with Crippen molar-refractivity contribution in [1.29, 1.82) is 0 Å². The number of benzene rings is 2. The van der Waals surface area contributed by atoms with Crippen molar-refractivity contribution >= 4 is 23.4 Å². The highest BCUT2D eigenvalue weighted by Gasteiger charge is 2.15. The summed E-state index contributed by atoms with van der Waals surface area (Å²) in [7, 11) is 0. The van der Waals surface area contributed by atoms with E-state index in [-0.39, 0.29) is 17.7 Å². The highest BCUT2D eigenvalue weighted by atomic mass is 35.5. The van der Waals surface area contributed by atoms with E-state index in [9.17, 15) is 18.4 Å². The van der Waals surface area contributed by atoms with Crippen LogP contribution in [0.4, 0.5) is 8.78 Å². The quantitative estimate of drug-likeness (QED) is 0.509. The number of carbonyl (C=O) groups excluding carboxylic acids is 2. The van der Waals surface area contributed by atoms with Crippen LogP contribution in [0.2, 0.25) is 5.02 Å². The number of hydrazine groups is 1. The van der Waals surface area contributed by atoms with E-state index in [4.69, 9.17) is 16.3 Å². The number of alkyl halides is 2. The van der Waals surface area contributed by atoms with Gasteiger partial charge >= 0.3 is 6.61 Å². The molecule has 0 fully saturated rings. The molecule has 0 radical (unpaired) electrons. The van der Waals surface area contributed by atoms with Gasteiger partial charge in [-0.1, -0.05) is 23.7 Å². The number of aryl methyl sites for hydroxylation is 1. The Morgan fingerprint density at radius 3 is 2.57 bits per heavy atom. The molecule has 2 amide bonds. The normalized spacial score (nSPS) is 10.5. The highest BCUT2D eigenvalue weighted by molar-refractivity contribution is 6.30. The number of hydrogen-bond acceptors (Lipinski definition) is 4. The third kappa shape index (κ3) is 6.70. The first-order valence-electron chi connectivity index (χ1n) is 8.39. The van der Waals surface area contributed by atoms with E-state index in [0.29, 0.717) is 23.8 Å². The maximum atomic E-state index is 12.4. The van der Waals surface area contributed by atoms with Crippen molar-refractivity contribution in [3.63, 3.8) is 0 Å². The maximum absolute atomic E-state index is 12.4. The summed E-state index contributed by atoms with van der Waals surface area (Å²) in [5, 5.41) is 0.612. The first kappa shape index (κ1) is 21.4. The fourth-order valence-corrected chi connectivity index (χ4v) is 2.53. The van der Waals surface area contributed by atoms with Gasteiger partial charge in [-0.3, -0.25) is 20.4 Å². The Morgan fingerprint density at radius 1 is 1.11 bits per heavy atom. The molecular formula is C19H19ClF2N2O4. The third-order valence-electron chi connectivity index (χ3n) is 3.61. The monoisotopic (exact) mass is 412 g/mol. The predicted octanol–water partition coefficient (Wildman–Crippen LogP) is 3.87. The summed E-state index contributed by atoms with van der Waals surface area (Å²) in [6.07, 6.45) is 0.511. The Bertz CT molecular complexity index is 833. The van der Waals surface area contributed by atoms with Crippen LogP contribution in [0, 0.1) is 6.92 Å². The smallest absolute Gasteiger partial charge is 0.387 e. The minimum absolute atomic E-state index is 0.0993. The van der Waals surface area contributed by atoms with Gasteiger partial charge in [0.15, 0.2) is 0 Å². The van der Waals surface area contributed by atoms with Crippen LogP contribution in [0.5, 0.6) is 11.5 Å². The van der Waals surface area contributed by atoms with Crippen LogP contribution >= 0.6 is 11.6 Å². The van der Waals surface area contributed by atoms with Crippen LogP contribution < -0.4 is 20.3 Å². The molecule has 150 valence electrons. The summed E-state index contributed by atoms with van der Waals surface area (Å²) in [5.74, 6) is -0.820. The number of rotatable bonds is 8. The number of nitrogens with one attached hydrogen (secondary N) is 2. The summed E-state index contributed by atoms with van der Waals surface area (Å²) in [5.41, 5.74) is 5.15. The first-order valence-corrected chi connectivity index (χ1v) is 8.76. The van der Waals surface area contributed by atoms with Crippen LogP contribution in [0.1, 0.15) is 28.8 Å². The van der Waals surface area contributed by atoms with Crippen LogP contribution in [-0.4, -0.2) is 25.0 Å². The molecule has 28 heavy (non-hydrogen) atoms. The SMILES string of the molecule is Cc1cc(Cl)ccc1OCCCC(=O)NNC(=O)c1ccccc1OC(F)F. The fourth-order valence-electron chi connectivity index (χ4n) is 2.30. The second-order valence-corrected chi connectivity index (χ2v) is 6.18. The van der Waals surface area contributed by atoms with Gasteiger partial charge in [-0.25, -0.2) is 0 Å². The van der Waals surface area contributed by atoms with E-state index in [1.54, 1.807) is 18.2 Å². The number of halogens is 3. The van der Waals surface area contributed by atoms with Gasteiger partial charge < -0.3 is 9.47 Å². The molecule has 0 aliphatic heterocycles. The molecule has 0 saturated heterocycles. The van der Waals surface area contributed by atoms with E-state index in [1.807, 2.05) is 6.92 Å². The number of para-hydroxylation sites is 1. The zero-order valence-corrected chi connectivity index (χ0v) is 15.8. The van der Waals surface area contributed by atoms with Crippen LogP contribution in [0.3, 0.4) is 0 Å². The van der Waals surface area contributed by atoms with E-state index in [0.717, 1.165) is 5.56 Å². The molecule has 0 atom stereocenters. The number of amides is 2. The average Bonchev–Trinajstić information content (AvgIpc) is 2.64. The van der Waals surface area contributed by atoms with Crippen molar-refractivity contribution in [1.82, 2.24) is 10.9 Å². The fraction of sp³-hybridized carbons (Fsp3) is 0.263. The Kier molecular flexibility index (Phi) is 8.01. The van der Waals surface area contributed by atoms with Crippen molar-refractivity contribution < 1.29 is 27.8 Å². The molecule has 0 saturated carbocycles. The van der Waals surface area contributed by atoms with Gasteiger partial charge in [-0.15, -0.1) is 0 Å². The Labute approximate surface area is 165 Å². The lowest BCUT2D eigenvalue weighted by atomic mass is 10.2. The van der Waals surface area contributed by atoms with Gasteiger partial charge in [-0.05, 0) is 49.2 Å². The minimum atomic E-state index is -3.06. The van der Waals surface area contributed by atoms with Crippen molar-refractivity contribution in [2.24, 2.45) is 0 Å². The van der Waals surface area contributed by atoms with Gasteiger partial charge in [-0.2, -0.15) is 8.78 Å². The minimum Gasteiger partial charge on any atom is -0.493 e. The first-order chi connectivity index (χ1) is 13.4. The van der Waals surface area contributed by atoms with Gasteiger partial charge in [0.1, 0.15) is 11.5 Å². The van der Waals surface area contributed by atoms with E-state index in [2.05, 4.69) is 15.6 Å². The Hall–Kier alpha value is -2.87. The van der Waals surface area contributed by atoms with Crippen molar-refractivity contribution in [3.8, 4) is 11.5 Å². The second kappa shape index (κ2) is 10.5. The van der Waals surface area contributed by atoms with Crippen molar-refractivity contribution in [2.75, 3.05) is 6.61 Å². The van der Waals surface area contributed by atoms with Crippen LogP contribution in [-0.2, 0) is 4.79 Å². The molecule has 2 N–H and O–H groups in total. The summed E-state index contributed by atoms with van der Waals surface area (Å²) >= 11 is 5.87. The number of carbonyl (C=O) groups is 2. The predicted molar refractivity (Wildman–Crippen MR) is 99.6 cm³/mol. The molecule has 6 nitrogen and oxygen atoms in total. The van der Waals surface area contributed by atoms with Crippen LogP contribution in [0.15, 0.2) is 42.5 Å². The molecule has 0 unspecified atom stereocenters. The van der Waals surface area contributed by atoms with Crippen LogP contribution in [0.25, 0.3) is 0 Å². The van der Waals surface area contributed by atoms with Gasteiger partial charge in [0.05, 0.1) is 12.2 Å². The standard InChI is InChI=1S/C19H19ClF2N2O4/c1-12-11-13(20)8-9-15(12)27-10-4-7-17(25)23-24-18(26)14-5-2-3-6-16(14)28-19(21)22/h2-3,5-6,8-9,11,19H,4,7,10H2,1H3,(H,23,25)(H,24,26). The number of ether oxygens (including phenoxy) is 2. The lowest BCUT2D eigenvalue weighted by Gasteiger charge is -2.12. The van der Waals surface area contributed by atoms with Gasteiger partial charge in [0, 0.05) is 11.4 Å². The lowest BCUT2D eigenvalue weighted by molar-refractivity contribution is -0.122. The van der Waals surface area contributed by atoms with E-state index >= 15 is 0 Å². The topological polar surface area (TPSA) is 76.7 Å². The average molecular weight is 413 g/mol. The highest BCUT2D eigenvalue weighted by Crippen LogP contribution is 2.22. The van der Waals surface area contributed by atoms with E-state index < -0.39 is 18.4 Å². The number of hydrogen-bond donors (Lipinski definition) is 2. The van der Waals surface area contributed by atoms with E-state index in [1.165, 1.54) is 24.3 Å². The Morgan fingerprint density at radius 2 is 1.86 bits per heavy atom. The van der Waals surface area contributed by atoms with Crippen molar-refractivity contribution in [2.45, 2.75) is 26.4 Å². The molecule has 2 aromatic rings. The molecule has 0 aliphatic carbocycles. The molecular weight excluding hydrogens is 394 g/mol. The zero-order chi connectivity index (χ0) is 20.5. The lowest BCUT2D eigenvalue weighted by Crippen LogP contribution is -2.41. The molecule has 0 aromatic heterocycles. The van der Waals surface area contributed by atoms with Gasteiger partial charge in [0.2, 0.25) is 5.91 Å². The molecule has 2 aromatic carbocycles. The molecule has 0 bridgehead atoms. The van der Waals surface area contributed by atoms with Crippen molar-refractivity contribution in [3.05, 3.63) is 58.6 Å².